The minimum absolute atomic E-state index is 0.0000694. The van der Waals surface area contributed by atoms with Crippen LogP contribution in [0.4, 0.5) is 5.69 Å². The van der Waals surface area contributed by atoms with Gasteiger partial charge < -0.3 is 4.74 Å². The second-order valence-electron chi connectivity index (χ2n) is 5.53. The van der Waals surface area contributed by atoms with Crippen LogP contribution in [0.5, 0.6) is 0 Å². The molecular weight excluding hydrogens is 375 g/mol. The fourth-order valence-corrected chi connectivity index (χ4v) is 4.39. The first-order valence-corrected chi connectivity index (χ1v) is 9.36. The first-order valence-electron chi connectivity index (χ1n) is 7.79. The molecule has 10 heteroatoms. The van der Waals surface area contributed by atoms with Crippen LogP contribution in [0.15, 0.2) is 24.3 Å². The Morgan fingerprint density at radius 3 is 2.26 bits per heavy atom. The number of ether oxygens (including phenoxy) is 1. The van der Waals surface area contributed by atoms with E-state index in [9.17, 15) is 19.8 Å². The zero-order valence-corrected chi connectivity index (χ0v) is 16.4. The van der Waals surface area contributed by atoms with Gasteiger partial charge in [0.1, 0.15) is 0 Å². The molecule has 0 saturated carbocycles. The van der Waals surface area contributed by atoms with E-state index < -0.39 is 18.8 Å². The maximum atomic E-state index is 12.5. The minimum atomic E-state index is -3.66. The summed E-state index contributed by atoms with van der Waals surface area (Å²) in [6.45, 7) is 3.18. The predicted molar refractivity (Wildman–Crippen MR) is 99.9 cm³/mol. The van der Waals surface area contributed by atoms with Crippen molar-refractivity contribution in [2.45, 2.75) is 13.8 Å². The molecule has 1 aromatic heterocycles. The van der Waals surface area contributed by atoms with Crippen molar-refractivity contribution >= 4 is 24.9 Å². The number of aryl methyl sites for hydroxylation is 2. The highest BCUT2D eigenvalue weighted by atomic mass is 31.2. The van der Waals surface area contributed by atoms with Crippen molar-refractivity contribution in [1.29, 1.82) is 0 Å². The first kappa shape index (κ1) is 20.9. The summed E-state index contributed by atoms with van der Waals surface area (Å²) in [4.78, 5) is 38.7. The van der Waals surface area contributed by atoms with Gasteiger partial charge in [-0.3, -0.25) is 15.1 Å². The van der Waals surface area contributed by atoms with Crippen LogP contribution in [-0.2, 0) is 13.8 Å². The number of para-hydroxylation sites is 1. The van der Waals surface area contributed by atoms with Crippen LogP contribution in [0, 0.1) is 24.0 Å². The molecule has 2 rings (SSSR count). The molecule has 1 N–H and O–H groups in total. The fourth-order valence-electron chi connectivity index (χ4n) is 2.90. The number of pyridine rings is 1. The number of hydrogen-bond acceptors (Lipinski definition) is 8. The van der Waals surface area contributed by atoms with E-state index >= 15 is 0 Å². The number of benzene rings is 1. The number of rotatable bonds is 6. The van der Waals surface area contributed by atoms with E-state index in [0.29, 0.717) is 11.4 Å². The lowest BCUT2D eigenvalue weighted by Gasteiger charge is -2.20. The Morgan fingerprint density at radius 1 is 1.15 bits per heavy atom. The van der Waals surface area contributed by atoms with Gasteiger partial charge in [-0.2, -0.15) is 13.9 Å². The second kappa shape index (κ2) is 8.06. The van der Waals surface area contributed by atoms with Gasteiger partial charge in [0, 0.05) is 6.07 Å². The molecule has 9 nitrogen and oxygen atoms in total. The van der Waals surface area contributed by atoms with Crippen LogP contribution < -0.4 is 5.30 Å². The van der Waals surface area contributed by atoms with E-state index in [1.165, 1.54) is 39.5 Å². The van der Waals surface area contributed by atoms with Crippen molar-refractivity contribution in [3.8, 4) is 11.1 Å². The van der Waals surface area contributed by atoms with Crippen molar-refractivity contribution in [1.82, 2.24) is 4.98 Å². The third kappa shape index (κ3) is 3.68. The largest absolute Gasteiger partial charge is 0.465 e. The van der Waals surface area contributed by atoms with E-state index in [1.807, 2.05) is 0 Å². The highest BCUT2D eigenvalue weighted by molar-refractivity contribution is 7.69. The molecule has 0 unspecified atom stereocenters. The van der Waals surface area contributed by atoms with Crippen molar-refractivity contribution in [2.24, 2.45) is 0 Å². The molecule has 0 radical (unpaired) electrons. The first-order chi connectivity index (χ1) is 12.7. The maximum Gasteiger partial charge on any atom is 0.448 e. The Labute approximate surface area is 156 Å². The van der Waals surface area contributed by atoms with Crippen molar-refractivity contribution in [3.05, 3.63) is 51.3 Å². The molecule has 1 aromatic carbocycles. The fraction of sp³-hybridized carbons (Fsp3) is 0.294. The summed E-state index contributed by atoms with van der Waals surface area (Å²) < 4.78 is 15.3. The van der Waals surface area contributed by atoms with Gasteiger partial charge in [-0.25, -0.2) is 4.79 Å². The number of carbonyl (C=O) groups is 1. The highest BCUT2D eigenvalue weighted by Gasteiger charge is 2.49. The summed E-state index contributed by atoms with van der Waals surface area (Å²) in [5.41, 5.74) is 0.619. The SMILES string of the molecule is COC(=O)c1c(C)nc(C)c([P+](O)(OC)OC)c1-c1ccccc1[N+](=O)[O-]. The second-order valence-corrected chi connectivity index (χ2v) is 7.75. The smallest absolute Gasteiger partial charge is 0.448 e. The Balaban J connectivity index is 3.09. The van der Waals surface area contributed by atoms with E-state index in [0.717, 1.165) is 0 Å². The quantitative estimate of drug-likeness (QED) is 0.343. The molecule has 0 saturated heterocycles. The van der Waals surface area contributed by atoms with Gasteiger partial charge in [-0.15, -0.1) is 0 Å². The Morgan fingerprint density at radius 2 is 1.74 bits per heavy atom. The minimum Gasteiger partial charge on any atom is -0.465 e. The van der Waals surface area contributed by atoms with E-state index in [4.69, 9.17) is 13.8 Å². The summed E-state index contributed by atoms with van der Waals surface area (Å²) in [5.74, 6) is -0.742. The van der Waals surface area contributed by atoms with E-state index in [-0.39, 0.29) is 27.7 Å². The molecule has 0 aliphatic carbocycles. The number of esters is 1. The summed E-state index contributed by atoms with van der Waals surface area (Å²) in [6, 6.07) is 5.89. The van der Waals surface area contributed by atoms with Gasteiger partial charge in [0.25, 0.3) is 5.69 Å². The molecule has 27 heavy (non-hydrogen) atoms. The summed E-state index contributed by atoms with van der Waals surface area (Å²) in [5, 5.41) is 11.7. The number of hydrogen-bond donors (Lipinski definition) is 1. The van der Waals surface area contributed by atoms with Gasteiger partial charge in [0.2, 0.25) is 5.30 Å². The monoisotopic (exact) mass is 395 g/mol. The molecule has 0 aliphatic rings. The summed E-state index contributed by atoms with van der Waals surface area (Å²) in [7, 11) is 0.0240. The lowest BCUT2D eigenvalue weighted by molar-refractivity contribution is -0.384. The van der Waals surface area contributed by atoms with E-state index in [1.54, 1.807) is 19.9 Å². The highest BCUT2D eigenvalue weighted by Crippen LogP contribution is 2.57. The number of carbonyl (C=O) groups excluding carboxylic acids is 1. The van der Waals surface area contributed by atoms with Crippen molar-refractivity contribution in [3.63, 3.8) is 0 Å². The number of aromatic nitrogens is 1. The maximum absolute atomic E-state index is 12.5. The van der Waals surface area contributed by atoms with Crippen molar-refractivity contribution < 1.29 is 28.4 Å². The molecule has 0 fully saturated rings. The Bertz CT molecular complexity index is 897. The van der Waals surface area contributed by atoms with Gasteiger partial charge in [0.05, 0.1) is 54.3 Å². The molecule has 2 aromatic rings. The van der Waals surface area contributed by atoms with Crippen LogP contribution in [-0.4, -0.2) is 42.1 Å². The van der Waals surface area contributed by atoms with Crippen LogP contribution in [0.2, 0.25) is 0 Å². The number of nitrogens with zero attached hydrogens (tertiary/aromatic N) is 2. The molecular formula is C17H20N2O7P+. The average molecular weight is 395 g/mol. The zero-order chi connectivity index (χ0) is 20.4. The summed E-state index contributed by atoms with van der Waals surface area (Å²) in [6.07, 6.45) is 0. The van der Waals surface area contributed by atoms with Crippen LogP contribution in [0.25, 0.3) is 11.1 Å². The molecule has 0 spiro atoms. The molecule has 0 atom stereocenters. The average Bonchev–Trinajstić information content (AvgIpc) is 2.66. The lowest BCUT2D eigenvalue weighted by Crippen LogP contribution is -2.25. The molecule has 144 valence electrons. The molecule has 0 bridgehead atoms. The number of methoxy groups -OCH3 is 1. The van der Waals surface area contributed by atoms with Gasteiger partial charge in [0.15, 0.2) is 0 Å². The van der Waals surface area contributed by atoms with Crippen LogP contribution in [0.3, 0.4) is 0 Å². The van der Waals surface area contributed by atoms with Gasteiger partial charge >= 0.3 is 13.9 Å². The number of nitro groups is 1. The third-order valence-electron chi connectivity index (χ3n) is 4.06. The normalized spacial score (nSPS) is 11.3. The molecule has 0 aliphatic heterocycles. The molecule has 1 heterocycles. The zero-order valence-electron chi connectivity index (χ0n) is 15.5. The standard InChI is InChI=1S/C17H20N2O7P/c1-10-14(17(20)24-3)15(12-8-6-7-9-13(12)19(21)22)16(11(2)18-10)27(23,25-4)26-5/h6-9,23H,1-5H3/q+1. The van der Waals surface area contributed by atoms with Crippen LogP contribution >= 0.6 is 7.94 Å². The topological polar surface area (TPSA) is 121 Å². The lowest BCUT2D eigenvalue weighted by atomic mass is 9.96. The van der Waals surface area contributed by atoms with Gasteiger partial charge in [-0.05, 0) is 19.9 Å². The Kier molecular flexibility index (Phi) is 6.22. The van der Waals surface area contributed by atoms with Gasteiger partial charge in [-0.1, -0.05) is 12.1 Å². The third-order valence-corrected chi connectivity index (χ3v) is 6.17. The van der Waals surface area contributed by atoms with E-state index in [2.05, 4.69) is 4.98 Å². The van der Waals surface area contributed by atoms with Crippen LogP contribution in [0.1, 0.15) is 21.7 Å². The van der Waals surface area contributed by atoms with Crippen molar-refractivity contribution in [2.75, 3.05) is 21.3 Å². The Hall–Kier alpha value is -2.45. The number of nitro benzene ring substituents is 1. The predicted octanol–water partition coefficient (Wildman–Crippen LogP) is 2.73. The molecule has 0 amide bonds. The summed E-state index contributed by atoms with van der Waals surface area (Å²) >= 11 is 0.